The van der Waals surface area contributed by atoms with Crippen LogP contribution in [0.4, 0.5) is 0 Å². The van der Waals surface area contributed by atoms with Crippen LogP contribution in [-0.2, 0) is 0 Å². The molecular weight excluding hydrogens is 354 g/mol. The van der Waals surface area contributed by atoms with Gasteiger partial charge < -0.3 is 5.11 Å². The number of allylic oxidation sites excluding steroid dienone is 1. The zero-order chi connectivity index (χ0) is 20.4. The van der Waals surface area contributed by atoms with E-state index < -0.39 is 0 Å². The molecule has 0 aromatic rings. The van der Waals surface area contributed by atoms with Gasteiger partial charge in [0, 0.05) is 12.3 Å². The van der Waals surface area contributed by atoms with Gasteiger partial charge in [-0.05, 0) is 111 Å². The molecule has 9 atom stereocenters. The Balaban J connectivity index is 1.38. The van der Waals surface area contributed by atoms with E-state index in [1.165, 1.54) is 51.4 Å². The molecule has 1 heterocycles. The smallest absolute Gasteiger partial charge is 0.0577 e. The van der Waals surface area contributed by atoms with Gasteiger partial charge in [0.05, 0.1) is 6.10 Å². The van der Waals surface area contributed by atoms with Crippen molar-refractivity contribution < 1.29 is 5.11 Å². The van der Waals surface area contributed by atoms with E-state index >= 15 is 0 Å². The second kappa shape index (κ2) is 7.21. The first kappa shape index (κ1) is 20.3. The molecule has 0 spiro atoms. The number of nitrogens with zero attached hydrogens (tertiary/aromatic N) is 1. The van der Waals surface area contributed by atoms with Crippen molar-refractivity contribution >= 4 is 5.71 Å². The maximum atomic E-state index is 10.2. The average molecular weight is 398 g/mol. The fourth-order valence-electron chi connectivity index (χ4n) is 8.95. The van der Waals surface area contributed by atoms with Crippen molar-refractivity contribution in [2.75, 3.05) is 6.54 Å². The van der Waals surface area contributed by atoms with Crippen molar-refractivity contribution in [2.24, 2.45) is 51.3 Å². The maximum absolute atomic E-state index is 10.2. The van der Waals surface area contributed by atoms with E-state index in [1.54, 1.807) is 11.3 Å². The van der Waals surface area contributed by atoms with E-state index in [0.717, 1.165) is 49.0 Å². The van der Waals surface area contributed by atoms with Crippen LogP contribution in [0.5, 0.6) is 0 Å². The first-order chi connectivity index (χ1) is 13.8. The minimum Gasteiger partial charge on any atom is -0.393 e. The highest BCUT2D eigenvalue weighted by Crippen LogP contribution is 2.67. The molecule has 2 nitrogen and oxygen atoms in total. The predicted octanol–water partition coefficient (Wildman–Crippen LogP) is 6.43. The molecule has 5 rings (SSSR count). The Kier molecular flexibility index (Phi) is 5.04. The van der Waals surface area contributed by atoms with E-state index in [2.05, 4.69) is 33.8 Å². The topological polar surface area (TPSA) is 32.6 Å². The predicted molar refractivity (Wildman–Crippen MR) is 121 cm³/mol. The van der Waals surface area contributed by atoms with Gasteiger partial charge in [0.2, 0.25) is 0 Å². The molecule has 1 N–H and O–H groups in total. The summed E-state index contributed by atoms with van der Waals surface area (Å²) in [4.78, 5) is 5.06. The lowest BCUT2D eigenvalue weighted by molar-refractivity contribution is -0.0532. The molecule has 1 aliphatic heterocycles. The molecule has 0 aromatic carbocycles. The van der Waals surface area contributed by atoms with E-state index in [0.29, 0.717) is 16.7 Å². The van der Waals surface area contributed by atoms with Gasteiger partial charge in [-0.15, -0.1) is 0 Å². The van der Waals surface area contributed by atoms with Crippen molar-refractivity contribution in [2.45, 2.75) is 98.0 Å². The summed E-state index contributed by atoms with van der Waals surface area (Å²) in [6, 6.07) is 0. The van der Waals surface area contributed by atoms with E-state index in [4.69, 9.17) is 4.99 Å². The van der Waals surface area contributed by atoms with Crippen molar-refractivity contribution in [1.29, 1.82) is 0 Å². The summed E-state index contributed by atoms with van der Waals surface area (Å²) in [5.41, 5.74) is 4.05. The van der Waals surface area contributed by atoms with Crippen molar-refractivity contribution in [3.05, 3.63) is 11.6 Å². The monoisotopic (exact) mass is 397 g/mol. The maximum Gasteiger partial charge on any atom is 0.0577 e. The largest absolute Gasteiger partial charge is 0.393 e. The van der Waals surface area contributed by atoms with Crippen molar-refractivity contribution in [3.63, 3.8) is 0 Å². The van der Waals surface area contributed by atoms with Gasteiger partial charge in [0.25, 0.3) is 0 Å². The molecule has 0 saturated heterocycles. The normalized spacial score (nSPS) is 50.7. The zero-order valence-electron chi connectivity index (χ0n) is 19.3. The molecule has 0 bridgehead atoms. The first-order valence-corrected chi connectivity index (χ1v) is 12.7. The number of fused-ring (bicyclic) bond motifs is 5. The van der Waals surface area contributed by atoms with Gasteiger partial charge >= 0.3 is 0 Å². The molecule has 0 unspecified atom stereocenters. The highest BCUT2D eigenvalue weighted by molar-refractivity contribution is 5.87. The highest BCUT2D eigenvalue weighted by Gasteiger charge is 2.59. The zero-order valence-corrected chi connectivity index (χ0v) is 19.3. The molecule has 162 valence electrons. The second-order valence-corrected chi connectivity index (χ2v) is 12.1. The van der Waals surface area contributed by atoms with Crippen LogP contribution in [-0.4, -0.2) is 23.5 Å². The molecular formula is C27H43NO. The minimum atomic E-state index is -0.0876. The summed E-state index contributed by atoms with van der Waals surface area (Å²) >= 11 is 0. The van der Waals surface area contributed by atoms with Crippen LogP contribution in [0.15, 0.2) is 16.6 Å². The average Bonchev–Trinajstić information content (AvgIpc) is 3.06. The molecule has 5 aliphatic rings. The third-order valence-electron chi connectivity index (χ3n) is 10.8. The summed E-state index contributed by atoms with van der Waals surface area (Å²) in [7, 11) is 0. The van der Waals surface area contributed by atoms with Crippen LogP contribution in [0.1, 0.15) is 91.9 Å². The van der Waals surface area contributed by atoms with E-state index in [-0.39, 0.29) is 6.10 Å². The Morgan fingerprint density at radius 1 is 1.07 bits per heavy atom. The lowest BCUT2D eigenvalue weighted by Gasteiger charge is -2.58. The van der Waals surface area contributed by atoms with Gasteiger partial charge in [0.15, 0.2) is 0 Å². The molecule has 3 saturated carbocycles. The lowest BCUT2D eigenvalue weighted by Crippen LogP contribution is -2.51. The number of aliphatic hydroxyl groups excluding tert-OH is 1. The van der Waals surface area contributed by atoms with Crippen LogP contribution in [0.25, 0.3) is 0 Å². The number of hydrogen-bond donors (Lipinski definition) is 1. The van der Waals surface area contributed by atoms with Crippen molar-refractivity contribution in [1.82, 2.24) is 0 Å². The molecule has 0 amide bonds. The van der Waals surface area contributed by atoms with Gasteiger partial charge in [0.1, 0.15) is 0 Å². The third-order valence-corrected chi connectivity index (χ3v) is 10.8. The fraction of sp³-hybridized carbons (Fsp3) is 0.889. The first-order valence-electron chi connectivity index (χ1n) is 12.7. The second-order valence-electron chi connectivity index (χ2n) is 12.1. The summed E-state index contributed by atoms with van der Waals surface area (Å²) in [6.07, 6.45) is 15.2. The molecule has 3 fully saturated rings. The summed E-state index contributed by atoms with van der Waals surface area (Å²) in [6.45, 7) is 11.2. The number of hydrogen-bond acceptors (Lipinski definition) is 2. The summed E-state index contributed by atoms with van der Waals surface area (Å²) in [5, 5.41) is 10.2. The quantitative estimate of drug-likeness (QED) is 0.535. The Bertz CT molecular complexity index is 709. The summed E-state index contributed by atoms with van der Waals surface area (Å²) in [5.74, 6) is 4.94. The van der Waals surface area contributed by atoms with Crippen LogP contribution in [0.2, 0.25) is 0 Å². The molecule has 4 aliphatic carbocycles. The molecule has 0 aromatic heterocycles. The number of aliphatic imine (C=N–C) groups is 1. The Hall–Kier alpha value is -0.630. The van der Waals surface area contributed by atoms with Crippen LogP contribution in [0, 0.1) is 46.3 Å². The van der Waals surface area contributed by atoms with Crippen molar-refractivity contribution in [3.8, 4) is 0 Å². The van der Waals surface area contributed by atoms with Gasteiger partial charge in [-0.1, -0.05) is 39.3 Å². The van der Waals surface area contributed by atoms with E-state index in [9.17, 15) is 5.11 Å². The number of rotatable bonds is 2. The third kappa shape index (κ3) is 3.10. The Morgan fingerprint density at radius 3 is 2.66 bits per heavy atom. The standard InChI is InChI=1S/C27H43NO/c1-17-5-10-25(28-16-17)18(2)22-8-9-23-21-7-6-19-15-20(29)11-13-26(19,3)24(21)12-14-27(22,23)4/h6,17-18,20-24,29H,5,7-16H2,1-4H3/t17-,18+,20-,21-,22+,23-,24-,26-,27+/m0/s1. The fourth-order valence-corrected chi connectivity index (χ4v) is 8.95. The van der Waals surface area contributed by atoms with Crippen LogP contribution < -0.4 is 0 Å². The highest BCUT2D eigenvalue weighted by atomic mass is 16.3. The lowest BCUT2D eigenvalue weighted by atomic mass is 9.47. The van der Waals surface area contributed by atoms with Crippen LogP contribution >= 0.6 is 0 Å². The number of aliphatic hydroxyl groups is 1. The Morgan fingerprint density at radius 2 is 1.90 bits per heavy atom. The molecule has 29 heavy (non-hydrogen) atoms. The van der Waals surface area contributed by atoms with E-state index in [1.807, 2.05) is 0 Å². The molecule has 2 heteroatoms. The Labute approximate surface area is 178 Å². The molecule has 0 radical (unpaired) electrons. The van der Waals surface area contributed by atoms with Gasteiger partial charge in [-0.3, -0.25) is 4.99 Å². The van der Waals surface area contributed by atoms with Gasteiger partial charge in [-0.2, -0.15) is 0 Å². The van der Waals surface area contributed by atoms with Crippen LogP contribution in [0.3, 0.4) is 0 Å². The SMILES string of the molecule is C[C@H]1CCC([C@H](C)[C@H]2CC[C@H]3[C@@H]4CC=C5C[C@@H](O)CC[C@]5(C)[C@H]4CC[C@]23C)=NC1. The van der Waals surface area contributed by atoms with Gasteiger partial charge in [-0.25, -0.2) is 0 Å². The minimum absolute atomic E-state index is 0.0876. The summed E-state index contributed by atoms with van der Waals surface area (Å²) < 4.78 is 0.